The highest BCUT2D eigenvalue weighted by molar-refractivity contribution is 7.11. The SMILES string of the molecule is NC(=O)C(CCCN1C(=O)c2ccccc2C1=O)c1scc(-c2ccccc2)c1C(=O)O. The fourth-order valence-corrected chi connectivity index (χ4v) is 5.19. The van der Waals surface area contributed by atoms with Gasteiger partial charge in [0.1, 0.15) is 0 Å². The summed E-state index contributed by atoms with van der Waals surface area (Å²) in [6.07, 6.45) is 0.536. The van der Waals surface area contributed by atoms with Crippen LogP contribution in [0.25, 0.3) is 11.1 Å². The van der Waals surface area contributed by atoms with Crippen LogP contribution in [0.3, 0.4) is 0 Å². The molecule has 1 aliphatic heterocycles. The Kier molecular flexibility index (Phi) is 5.87. The third-order valence-electron chi connectivity index (χ3n) is 5.53. The maximum absolute atomic E-state index is 12.5. The van der Waals surface area contributed by atoms with Crippen molar-refractivity contribution in [2.75, 3.05) is 6.54 Å². The Labute approximate surface area is 188 Å². The van der Waals surface area contributed by atoms with Gasteiger partial charge in [-0.05, 0) is 35.9 Å². The van der Waals surface area contributed by atoms with Crippen molar-refractivity contribution >= 4 is 35.0 Å². The molecule has 3 aromatic rings. The van der Waals surface area contributed by atoms with E-state index < -0.39 is 17.8 Å². The normalized spacial score (nSPS) is 13.8. The first-order valence-electron chi connectivity index (χ1n) is 10.0. The number of nitrogens with two attached hydrogens (primary N) is 1. The molecule has 0 radical (unpaired) electrons. The smallest absolute Gasteiger partial charge is 0.337 e. The van der Waals surface area contributed by atoms with Crippen LogP contribution in [0.1, 0.15) is 54.7 Å². The number of carboxylic acids is 1. The zero-order chi connectivity index (χ0) is 22.8. The number of carbonyl (C=O) groups excluding carboxylic acids is 3. The van der Waals surface area contributed by atoms with Crippen LogP contribution in [-0.4, -0.2) is 40.2 Å². The van der Waals surface area contributed by atoms with Gasteiger partial charge in [-0.15, -0.1) is 11.3 Å². The molecule has 162 valence electrons. The van der Waals surface area contributed by atoms with Gasteiger partial charge in [0, 0.05) is 17.0 Å². The summed E-state index contributed by atoms with van der Waals surface area (Å²) in [7, 11) is 0. The van der Waals surface area contributed by atoms with Crippen molar-refractivity contribution < 1.29 is 24.3 Å². The van der Waals surface area contributed by atoms with Crippen LogP contribution < -0.4 is 5.73 Å². The average molecular weight is 449 g/mol. The average Bonchev–Trinajstić information content (AvgIpc) is 3.33. The van der Waals surface area contributed by atoms with Gasteiger partial charge in [-0.3, -0.25) is 19.3 Å². The van der Waals surface area contributed by atoms with Gasteiger partial charge in [-0.1, -0.05) is 42.5 Å². The summed E-state index contributed by atoms with van der Waals surface area (Å²) in [5.41, 5.74) is 7.69. The Hall–Kier alpha value is -3.78. The first-order chi connectivity index (χ1) is 15.4. The van der Waals surface area contributed by atoms with Gasteiger partial charge >= 0.3 is 5.97 Å². The van der Waals surface area contributed by atoms with Crippen LogP contribution in [-0.2, 0) is 4.79 Å². The summed E-state index contributed by atoms with van der Waals surface area (Å²) in [4.78, 5) is 50.9. The molecule has 4 rings (SSSR count). The summed E-state index contributed by atoms with van der Waals surface area (Å²) >= 11 is 1.18. The zero-order valence-electron chi connectivity index (χ0n) is 17.0. The lowest BCUT2D eigenvalue weighted by Gasteiger charge is -2.17. The number of hydrogen-bond donors (Lipinski definition) is 2. The number of primary amides is 1. The lowest BCUT2D eigenvalue weighted by molar-refractivity contribution is -0.119. The summed E-state index contributed by atoms with van der Waals surface area (Å²) in [5, 5.41) is 11.6. The molecule has 0 saturated carbocycles. The van der Waals surface area contributed by atoms with Crippen molar-refractivity contribution in [2.24, 2.45) is 5.73 Å². The highest BCUT2D eigenvalue weighted by Gasteiger charge is 2.35. The molecule has 7 nitrogen and oxygen atoms in total. The maximum atomic E-state index is 12.5. The largest absolute Gasteiger partial charge is 0.478 e. The van der Waals surface area contributed by atoms with Crippen LogP contribution in [0.4, 0.5) is 0 Å². The molecular weight excluding hydrogens is 428 g/mol. The Balaban J connectivity index is 1.54. The molecular formula is C24H20N2O5S. The Morgan fingerprint density at radius 1 is 0.938 bits per heavy atom. The maximum Gasteiger partial charge on any atom is 0.337 e. The summed E-state index contributed by atoms with van der Waals surface area (Å²) in [5.74, 6) is -3.34. The topological polar surface area (TPSA) is 118 Å². The van der Waals surface area contributed by atoms with Crippen molar-refractivity contribution in [3.63, 3.8) is 0 Å². The van der Waals surface area contributed by atoms with E-state index in [1.807, 2.05) is 18.2 Å². The Morgan fingerprint density at radius 3 is 2.09 bits per heavy atom. The number of aromatic carboxylic acids is 1. The van der Waals surface area contributed by atoms with E-state index in [0.717, 1.165) is 10.5 Å². The zero-order valence-corrected chi connectivity index (χ0v) is 17.8. The number of rotatable bonds is 8. The van der Waals surface area contributed by atoms with Gasteiger partial charge < -0.3 is 10.8 Å². The second-order valence-electron chi connectivity index (χ2n) is 7.46. The Morgan fingerprint density at radius 2 is 1.53 bits per heavy atom. The number of hydrogen-bond acceptors (Lipinski definition) is 5. The number of benzene rings is 2. The number of thiophene rings is 1. The van der Waals surface area contributed by atoms with Crippen molar-refractivity contribution in [1.82, 2.24) is 4.90 Å². The first kappa shape index (κ1) is 21.5. The van der Waals surface area contributed by atoms with Crippen LogP contribution in [0.2, 0.25) is 0 Å². The molecule has 1 atom stereocenters. The van der Waals surface area contributed by atoms with Crippen LogP contribution in [0, 0.1) is 0 Å². The number of carboxylic acid groups (broad SMARTS) is 1. The number of nitrogens with zero attached hydrogens (tertiary/aromatic N) is 1. The predicted octanol–water partition coefficient (Wildman–Crippen LogP) is 3.76. The molecule has 0 saturated heterocycles. The molecule has 0 fully saturated rings. The fourth-order valence-electron chi connectivity index (χ4n) is 3.98. The summed E-state index contributed by atoms with van der Waals surface area (Å²) in [6, 6.07) is 15.7. The second kappa shape index (κ2) is 8.76. The van der Waals surface area contributed by atoms with Crippen LogP contribution in [0.5, 0.6) is 0 Å². The summed E-state index contributed by atoms with van der Waals surface area (Å²) in [6.45, 7) is 0.120. The van der Waals surface area contributed by atoms with E-state index in [9.17, 15) is 24.3 Å². The van der Waals surface area contributed by atoms with Crippen molar-refractivity contribution in [3.05, 3.63) is 81.5 Å². The van der Waals surface area contributed by atoms with Gasteiger partial charge in [-0.2, -0.15) is 0 Å². The number of fused-ring (bicyclic) bond motifs is 1. The van der Waals surface area contributed by atoms with Crippen molar-refractivity contribution in [1.29, 1.82) is 0 Å². The molecule has 32 heavy (non-hydrogen) atoms. The molecule has 2 heterocycles. The Bertz CT molecular complexity index is 1180. The highest BCUT2D eigenvalue weighted by Crippen LogP contribution is 2.38. The molecule has 0 spiro atoms. The minimum atomic E-state index is -1.13. The van der Waals surface area contributed by atoms with E-state index in [1.54, 1.807) is 41.8 Å². The summed E-state index contributed by atoms with van der Waals surface area (Å²) < 4.78 is 0. The van der Waals surface area contributed by atoms with Gasteiger partial charge in [-0.25, -0.2) is 4.79 Å². The molecule has 0 bridgehead atoms. The van der Waals surface area contributed by atoms with E-state index in [2.05, 4.69) is 0 Å². The minimum Gasteiger partial charge on any atom is -0.478 e. The molecule has 8 heteroatoms. The van der Waals surface area contributed by atoms with Crippen molar-refractivity contribution in [3.8, 4) is 11.1 Å². The van der Waals surface area contributed by atoms with Crippen molar-refractivity contribution in [2.45, 2.75) is 18.8 Å². The predicted molar refractivity (Wildman–Crippen MR) is 120 cm³/mol. The van der Waals surface area contributed by atoms with Crippen LogP contribution in [0.15, 0.2) is 60.0 Å². The highest BCUT2D eigenvalue weighted by atomic mass is 32.1. The lowest BCUT2D eigenvalue weighted by atomic mass is 9.94. The molecule has 2 aromatic carbocycles. The third-order valence-corrected chi connectivity index (χ3v) is 6.63. The molecule has 1 aromatic heterocycles. The number of amides is 3. The third kappa shape index (κ3) is 3.80. The molecule has 1 aliphatic rings. The van der Waals surface area contributed by atoms with Gasteiger partial charge in [0.05, 0.1) is 22.6 Å². The van der Waals surface area contributed by atoms with E-state index in [0.29, 0.717) is 28.0 Å². The first-order valence-corrected chi connectivity index (χ1v) is 10.9. The molecule has 0 aliphatic carbocycles. The molecule has 1 unspecified atom stereocenters. The fraction of sp³-hybridized carbons (Fsp3) is 0.167. The second-order valence-corrected chi connectivity index (χ2v) is 8.38. The standard InChI is InChI=1S/C24H20N2O5S/c25-21(27)17(11-6-12-26-22(28)15-9-4-5-10-16(15)23(26)29)20-19(24(30)31)18(13-32-20)14-7-2-1-3-8-14/h1-5,7-10,13,17H,6,11-12H2,(H2,25,27)(H,30,31). The monoisotopic (exact) mass is 448 g/mol. The minimum absolute atomic E-state index is 0.0609. The van der Waals surface area contributed by atoms with Gasteiger partial charge in [0.15, 0.2) is 0 Å². The lowest BCUT2D eigenvalue weighted by Crippen LogP contribution is -2.31. The van der Waals surface area contributed by atoms with E-state index in [-0.39, 0.29) is 30.3 Å². The molecule has 3 amide bonds. The van der Waals surface area contributed by atoms with E-state index >= 15 is 0 Å². The van der Waals surface area contributed by atoms with E-state index in [4.69, 9.17) is 5.73 Å². The number of imide groups is 1. The van der Waals surface area contributed by atoms with E-state index in [1.165, 1.54) is 11.3 Å². The van der Waals surface area contributed by atoms with Gasteiger partial charge in [0.2, 0.25) is 5.91 Å². The number of carbonyl (C=O) groups is 4. The van der Waals surface area contributed by atoms with Gasteiger partial charge in [0.25, 0.3) is 11.8 Å². The van der Waals surface area contributed by atoms with Crippen LogP contribution >= 0.6 is 11.3 Å². The quantitative estimate of drug-likeness (QED) is 0.509. The molecule has 3 N–H and O–H groups in total.